The Hall–Kier alpha value is -1.55. The van der Waals surface area contributed by atoms with Crippen LogP contribution in [-0.4, -0.2) is 50.1 Å². The van der Waals surface area contributed by atoms with Crippen LogP contribution in [0.15, 0.2) is 24.3 Å². The van der Waals surface area contributed by atoms with Crippen molar-refractivity contribution in [3.8, 4) is 5.75 Å². The van der Waals surface area contributed by atoms with Gasteiger partial charge in [-0.15, -0.1) is 0 Å². The highest BCUT2D eigenvalue weighted by Crippen LogP contribution is 2.43. The first-order valence-corrected chi connectivity index (χ1v) is 9.02. The number of benzene rings is 1. The van der Waals surface area contributed by atoms with Crippen LogP contribution in [0.5, 0.6) is 5.75 Å². The molecule has 4 rings (SSSR count). The zero-order valence-corrected chi connectivity index (χ0v) is 14.0. The van der Waals surface area contributed by atoms with Crippen molar-refractivity contribution in [3.05, 3.63) is 29.8 Å². The number of piperazine rings is 1. The lowest BCUT2D eigenvalue weighted by Crippen LogP contribution is -3.18. The van der Waals surface area contributed by atoms with Crippen molar-refractivity contribution in [3.63, 3.8) is 0 Å². The van der Waals surface area contributed by atoms with E-state index in [0.29, 0.717) is 0 Å². The molecule has 0 radical (unpaired) electrons. The smallest absolute Gasteiger partial charge is 0.254 e. The van der Waals surface area contributed by atoms with Crippen molar-refractivity contribution < 1.29 is 14.4 Å². The predicted molar refractivity (Wildman–Crippen MR) is 88.8 cm³/mol. The zero-order chi connectivity index (χ0) is 15.8. The molecule has 3 unspecified atom stereocenters. The van der Waals surface area contributed by atoms with Crippen molar-refractivity contribution >= 4 is 5.91 Å². The Balaban J connectivity index is 1.36. The fraction of sp³-hybridized carbons (Fsp3) is 0.632. The van der Waals surface area contributed by atoms with Gasteiger partial charge in [0.05, 0.1) is 39.3 Å². The monoisotopic (exact) mass is 315 g/mol. The summed E-state index contributed by atoms with van der Waals surface area (Å²) in [5.41, 5.74) is 0.743. The normalized spacial score (nSPS) is 30.7. The van der Waals surface area contributed by atoms with E-state index in [1.807, 2.05) is 29.2 Å². The van der Waals surface area contributed by atoms with Crippen LogP contribution >= 0.6 is 0 Å². The minimum Gasteiger partial charge on any atom is -0.497 e. The van der Waals surface area contributed by atoms with E-state index in [1.165, 1.54) is 25.7 Å². The second kappa shape index (κ2) is 6.16. The van der Waals surface area contributed by atoms with E-state index >= 15 is 0 Å². The summed E-state index contributed by atoms with van der Waals surface area (Å²) in [6.45, 7) is 4.01. The quantitative estimate of drug-likeness (QED) is 0.910. The summed E-state index contributed by atoms with van der Waals surface area (Å²) in [5.74, 6) is 2.88. The molecule has 1 amide bonds. The molecule has 2 saturated carbocycles. The van der Waals surface area contributed by atoms with Crippen LogP contribution in [0.25, 0.3) is 0 Å². The molecular formula is C19H27N2O2+. The fourth-order valence-electron chi connectivity index (χ4n) is 5.05. The van der Waals surface area contributed by atoms with Gasteiger partial charge in [-0.25, -0.2) is 0 Å². The Morgan fingerprint density at radius 2 is 2.04 bits per heavy atom. The van der Waals surface area contributed by atoms with E-state index in [4.69, 9.17) is 4.74 Å². The molecule has 1 saturated heterocycles. The second-order valence-corrected chi connectivity index (χ2v) is 7.46. The summed E-state index contributed by atoms with van der Waals surface area (Å²) < 4.78 is 5.23. The lowest BCUT2D eigenvalue weighted by atomic mass is 9.93. The summed E-state index contributed by atoms with van der Waals surface area (Å²) in [6, 6.07) is 8.39. The van der Waals surface area contributed by atoms with Crippen LogP contribution in [-0.2, 0) is 0 Å². The SMILES string of the molecule is COc1cccc(C(=O)N2CC[NH+](C3CC4CCC3C4)CC2)c1. The molecule has 0 spiro atoms. The number of fused-ring (bicyclic) bond motifs is 2. The van der Waals surface area contributed by atoms with E-state index in [0.717, 1.165) is 55.4 Å². The van der Waals surface area contributed by atoms with Crippen LogP contribution in [0.3, 0.4) is 0 Å². The Morgan fingerprint density at radius 1 is 1.22 bits per heavy atom. The van der Waals surface area contributed by atoms with E-state index in [-0.39, 0.29) is 5.91 Å². The summed E-state index contributed by atoms with van der Waals surface area (Å²) in [6.07, 6.45) is 5.82. The third kappa shape index (κ3) is 2.85. The number of hydrogen-bond acceptors (Lipinski definition) is 2. The molecular weight excluding hydrogens is 288 g/mol. The summed E-state index contributed by atoms with van der Waals surface area (Å²) in [7, 11) is 1.64. The number of carbonyl (C=O) groups excluding carboxylic acids is 1. The molecule has 23 heavy (non-hydrogen) atoms. The molecule has 0 aromatic heterocycles. The van der Waals surface area contributed by atoms with Gasteiger partial charge >= 0.3 is 0 Å². The van der Waals surface area contributed by atoms with Crippen molar-refractivity contribution in [2.45, 2.75) is 31.7 Å². The Labute approximate surface area is 138 Å². The third-order valence-electron chi connectivity index (χ3n) is 6.27. The molecule has 4 heteroatoms. The molecule has 1 aromatic carbocycles. The van der Waals surface area contributed by atoms with Gasteiger partial charge in [0.15, 0.2) is 0 Å². The average molecular weight is 315 g/mol. The lowest BCUT2D eigenvalue weighted by Gasteiger charge is -2.38. The van der Waals surface area contributed by atoms with E-state index in [2.05, 4.69) is 0 Å². The largest absolute Gasteiger partial charge is 0.497 e. The average Bonchev–Trinajstić information content (AvgIpc) is 3.24. The number of nitrogens with zero attached hydrogens (tertiary/aromatic N) is 1. The van der Waals surface area contributed by atoms with Crippen molar-refractivity contribution in [1.82, 2.24) is 4.90 Å². The van der Waals surface area contributed by atoms with Gasteiger partial charge in [0.2, 0.25) is 0 Å². The van der Waals surface area contributed by atoms with Gasteiger partial charge in [-0.05, 0) is 43.4 Å². The van der Waals surface area contributed by atoms with Crippen LogP contribution in [0, 0.1) is 11.8 Å². The third-order valence-corrected chi connectivity index (χ3v) is 6.27. The van der Waals surface area contributed by atoms with E-state index in [9.17, 15) is 4.79 Å². The highest BCUT2D eigenvalue weighted by molar-refractivity contribution is 5.94. The van der Waals surface area contributed by atoms with Crippen molar-refractivity contribution in [2.24, 2.45) is 11.8 Å². The summed E-state index contributed by atoms with van der Waals surface area (Å²) in [4.78, 5) is 16.5. The number of ether oxygens (including phenoxy) is 1. The number of rotatable bonds is 3. The summed E-state index contributed by atoms with van der Waals surface area (Å²) in [5, 5.41) is 0. The highest BCUT2D eigenvalue weighted by atomic mass is 16.5. The van der Waals surface area contributed by atoms with E-state index in [1.54, 1.807) is 12.0 Å². The number of nitrogens with one attached hydrogen (secondary N) is 1. The van der Waals surface area contributed by atoms with E-state index < -0.39 is 0 Å². The van der Waals surface area contributed by atoms with Gasteiger partial charge in [-0.2, -0.15) is 0 Å². The number of carbonyl (C=O) groups is 1. The lowest BCUT2D eigenvalue weighted by molar-refractivity contribution is -0.932. The first-order valence-electron chi connectivity index (χ1n) is 9.02. The van der Waals surface area contributed by atoms with Gasteiger partial charge in [-0.3, -0.25) is 4.79 Å². The molecule has 124 valence electrons. The molecule has 4 nitrogen and oxygen atoms in total. The van der Waals surface area contributed by atoms with Crippen LogP contribution in [0.4, 0.5) is 0 Å². The molecule has 1 N–H and O–H groups in total. The molecule has 2 bridgehead atoms. The first kappa shape index (κ1) is 15.0. The van der Waals surface area contributed by atoms with Crippen molar-refractivity contribution in [1.29, 1.82) is 0 Å². The summed E-state index contributed by atoms with van der Waals surface area (Å²) >= 11 is 0. The molecule has 3 aliphatic rings. The van der Waals surface area contributed by atoms with Crippen LogP contribution in [0.2, 0.25) is 0 Å². The number of quaternary nitrogens is 1. The molecule has 1 aromatic rings. The molecule has 3 fully saturated rings. The van der Waals surface area contributed by atoms with Crippen molar-refractivity contribution in [2.75, 3.05) is 33.3 Å². The van der Waals surface area contributed by atoms with Crippen LogP contribution < -0.4 is 9.64 Å². The molecule has 2 aliphatic carbocycles. The van der Waals surface area contributed by atoms with Gasteiger partial charge < -0.3 is 14.5 Å². The molecule has 1 heterocycles. The maximum absolute atomic E-state index is 12.7. The Morgan fingerprint density at radius 3 is 2.70 bits per heavy atom. The van der Waals surface area contributed by atoms with Gasteiger partial charge in [0.1, 0.15) is 5.75 Å². The molecule has 1 aliphatic heterocycles. The van der Waals surface area contributed by atoms with Gasteiger partial charge in [0.25, 0.3) is 5.91 Å². The highest BCUT2D eigenvalue weighted by Gasteiger charge is 2.45. The first-order chi connectivity index (χ1) is 11.2. The number of hydrogen-bond donors (Lipinski definition) is 1. The Bertz CT molecular complexity index is 580. The fourth-order valence-corrected chi connectivity index (χ4v) is 5.05. The minimum atomic E-state index is 0.149. The van der Waals surface area contributed by atoms with Gasteiger partial charge in [-0.1, -0.05) is 6.07 Å². The van der Waals surface area contributed by atoms with Gasteiger partial charge in [0, 0.05) is 17.9 Å². The maximum Gasteiger partial charge on any atom is 0.254 e. The zero-order valence-electron chi connectivity index (χ0n) is 14.0. The minimum absolute atomic E-state index is 0.149. The topological polar surface area (TPSA) is 34.0 Å². The Kier molecular flexibility index (Phi) is 4.02. The standard InChI is InChI=1S/C19H26N2O2/c1-23-17-4-2-3-16(13-17)19(22)21-9-7-20(8-10-21)18-12-14-5-6-15(18)11-14/h2-4,13-15,18H,5-12H2,1H3/p+1. The number of amides is 1. The predicted octanol–water partition coefficient (Wildman–Crippen LogP) is 1.22. The maximum atomic E-state index is 12.7. The number of methoxy groups -OCH3 is 1. The second-order valence-electron chi connectivity index (χ2n) is 7.46. The molecule has 3 atom stereocenters. The van der Waals surface area contributed by atoms with Crippen LogP contribution in [0.1, 0.15) is 36.0 Å².